The Balaban J connectivity index is 1.85. The first kappa shape index (κ1) is 9.58. The van der Waals surface area contributed by atoms with Gasteiger partial charge in [-0.25, -0.2) is 5.10 Å². The number of hydrogen-bond acceptors (Lipinski definition) is 4. The second kappa shape index (κ2) is 4.50. The lowest BCUT2D eigenvalue weighted by Crippen LogP contribution is -2.16. The molecule has 0 bridgehead atoms. The average molecular weight is 211 g/mol. The van der Waals surface area contributed by atoms with Gasteiger partial charge in [0.1, 0.15) is 5.82 Å². The van der Waals surface area contributed by atoms with E-state index in [0.717, 1.165) is 12.4 Å². The van der Waals surface area contributed by atoms with Gasteiger partial charge in [0, 0.05) is 17.9 Å². The van der Waals surface area contributed by atoms with Gasteiger partial charge < -0.3 is 5.32 Å². The van der Waals surface area contributed by atoms with Gasteiger partial charge in [0.2, 0.25) is 0 Å². The molecule has 1 aromatic rings. The highest BCUT2D eigenvalue weighted by molar-refractivity contribution is 8.00. The van der Waals surface area contributed by atoms with E-state index in [2.05, 4.69) is 15.5 Å². The Labute approximate surface area is 86.5 Å². The number of aromatic amines is 1. The molecule has 1 fully saturated rings. The lowest BCUT2D eigenvalue weighted by Gasteiger charge is -2.09. The van der Waals surface area contributed by atoms with E-state index in [4.69, 9.17) is 0 Å². The first-order chi connectivity index (χ1) is 6.84. The van der Waals surface area contributed by atoms with Crippen LogP contribution in [0, 0.1) is 0 Å². The summed E-state index contributed by atoms with van der Waals surface area (Å²) in [5, 5.41) is 10.2. The van der Waals surface area contributed by atoms with Gasteiger partial charge in [0.25, 0.3) is 5.56 Å². The highest BCUT2D eigenvalue weighted by Crippen LogP contribution is 2.25. The van der Waals surface area contributed by atoms with Crippen molar-refractivity contribution in [1.29, 1.82) is 0 Å². The van der Waals surface area contributed by atoms with Crippen LogP contribution >= 0.6 is 11.8 Å². The number of rotatable bonds is 3. The van der Waals surface area contributed by atoms with Gasteiger partial charge in [-0.2, -0.15) is 16.9 Å². The van der Waals surface area contributed by atoms with Crippen LogP contribution in [0.25, 0.3) is 0 Å². The minimum Gasteiger partial charge on any atom is -0.368 e. The molecule has 2 heterocycles. The number of nitrogens with zero attached hydrogens (tertiary/aromatic N) is 1. The van der Waals surface area contributed by atoms with Gasteiger partial charge in [0.15, 0.2) is 0 Å². The highest BCUT2D eigenvalue weighted by Gasteiger charge is 2.14. The van der Waals surface area contributed by atoms with E-state index in [0.29, 0.717) is 5.25 Å². The standard InChI is InChI=1S/C9H13N3OS/c13-9-4-3-8(11-12-9)10-6-7-2-1-5-14-7/h3-4,7H,1-2,5-6H2,(H,10,11)(H,12,13). The SMILES string of the molecule is O=c1ccc(NCC2CCCS2)n[nH]1. The number of aromatic nitrogens is 2. The Hall–Kier alpha value is -0.970. The van der Waals surface area contributed by atoms with Crippen LogP contribution in [-0.2, 0) is 0 Å². The zero-order valence-corrected chi connectivity index (χ0v) is 8.64. The highest BCUT2D eigenvalue weighted by atomic mass is 32.2. The maximum absolute atomic E-state index is 10.7. The maximum Gasteiger partial charge on any atom is 0.264 e. The van der Waals surface area contributed by atoms with Crippen LogP contribution in [0.5, 0.6) is 0 Å². The molecule has 2 N–H and O–H groups in total. The Morgan fingerprint density at radius 3 is 3.21 bits per heavy atom. The molecule has 76 valence electrons. The number of anilines is 1. The zero-order valence-electron chi connectivity index (χ0n) is 7.82. The first-order valence-electron chi connectivity index (χ1n) is 4.76. The van der Waals surface area contributed by atoms with Crippen LogP contribution < -0.4 is 10.9 Å². The van der Waals surface area contributed by atoms with Gasteiger partial charge in [-0.3, -0.25) is 4.79 Å². The predicted molar refractivity (Wildman–Crippen MR) is 58.8 cm³/mol. The van der Waals surface area contributed by atoms with Crippen LogP contribution in [0.3, 0.4) is 0 Å². The molecular weight excluding hydrogens is 198 g/mol. The van der Waals surface area contributed by atoms with Gasteiger partial charge in [-0.15, -0.1) is 0 Å². The minimum absolute atomic E-state index is 0.161. The van der Waals surface area contributed by atoms with E-state index in [-0.39, 0.29) is 5.56 Å². The van der Waals surface area contributed by atoms with Crippen molar-refractivity contribution >= 4 is 17.6 Å². The number of H-pyrrole nitrogens is 1. The summed E-state index contributed by atoms with van der Waals surface area (Å²) >= 11 is 2.00. The largest absolute Gasteiger partial charge is 0.368 e. The summed E-state index contributed by atoms with van der Waals surface area (Å²) in [7, 11) is 0. The Morgan fingerprint density at radius 2 is 2.57 bits per heavy atom. The van der Waals surface area contributed by atoms with E-state index in [1.807, 2.05) is 11.8 Å². The van der Waals surface area contributed by atoms with Gasteiger partial charge >= 0.3 is 0 Å². The summed E-state index contributed by atoms with van der Waals surface area (Å²) in [5.41, 5.74) is -0.161. The third-order valence-electron chi connectivity index (χ3n) is 2.21. The second-order valence-corrected chi connectivity index (χ2v) is 4.73. The van der Waals surface area contributed by atoms with Gasteiger partial charge in [0.05, 0.1) is 0 Å². The predicted octanol–water partition coefficient (Wildman–Crippen LogP) is 1.08. The van der Waals surface area contributed by atoms with Crippen molar-refractivity contribution in [2.24, 2.45) is 0 Å². The third-order valence-corrected chi connectivity index (χ3v) is 3.61. The molecule has 1 unspecified atom stereocenters. The van der Waals surface area contributed by atoms with Crippen molar-refractivity contribution in [3.05, 3.63) is 22.5 Å². The van der Waals surface area contributed by atoms with Crippen molar-refractivity contribution < 1.29 is 0 Å². The Kier molecular flexibility index (Phi) is 3.08. The molecule has 0 aliphatic carbocycles. The maximum atomic E-state index is 10.7. The van der Waals surface area contributed by atoms with Crippen molar-refractivity contribution in [1.82, 2.24) is 10.2 Å². The topological polar surface area (TPSA) is 57.8 Å². The molecule has 2 rings (SSSR count). The van der Waals surface area contributed by atoms with Crippen LogP contribution in [0.2, 0.25) is 0 Å². The van der Waals surface area contributed by atoms with Crippen molar-refractivity contribution in [2.75, 3.05) is 17.6 Å². The molecule has 1 aromatic heterocycles. The van der Waals surface area contributed by atoms with E-state index in [9.17, 15) is 4.79 Å². The smallest absolute Gasteiger partial charge is 0.264 e. The van der Waals surface area contributed by atoms with Gasteiger partial charge in [-0.1, -0.05) is 0 Å². The van der Waals surface area contributed by atoms with Crippen molar-refractivity contribution in [3.8, 4) is 0 Å². The molecule has 1 aliphatic rings. The van der Waals surface area contributed by atoms with Crippen LogP contribution in [-0.4, -0.2) is 27.7 Å². The Bertz CT molecular complexity index is 326. The second-order valence-electron chi connectivity index (χ2n) is 3.32. The van der Waals surface area contributed by atoms with Crippen molar-refractivity contribution in [3.63, 3.8) is 0 Å². The number of nitrogens with one attached hydrogen (secondary N) is 2. The first-order valence-corrected chi connectivity index (χ1v) is 5.81. The third kappa shape index (κ3) is 2.51. The lowest BCUT2D eigenvalue weighted by atomic mass is 10.2. The van der Waals surface area contributed by atoms with Gasteiger partial charge in [-0.05, 0) is 24.7 Å². The monoisotopic (exact) mass is 211 g/mol. The van der Waals surface area contributed by atoms with E-state index >= 15 is 0 Å². The summed E-state index contributed by atoms with van der Waals surface area (Å²) in [4.78, 5) is 10.7. The molecule has 0 amide bonds. The fourth-order valence-corrected chi connectivity index (χ4v) is 2.67. The molecular formula is C9H13N3OS. The normalized spacial score (nSPS) is 21.0. The zero-order chi connectivity index (χ0) is 9.80. The Morgan fingerprint density at radius 1 is 1.64 bits per heavy atom. The molecule has 1 atom stereocenters. The summed E-state index contributed by atoms with van der Waals surface area (Å²) in [5.74, 6) is 2.02. The van der Waals surface area contributed by atoms with Crippen molar-refractivity contribution in [2.45, 2.75) is 18.1 Å². The molecule has 1 aliphatic heterocycles. The molecule has 14 heavy (non-hydrogen) atoms. The van der Waals surface area contributed by atoms with E-state index in [1.54, 1.807) is 6.07 Å². The lowest BCUT2D eigenvalue weighted by molar-refractivity contribution is 0.800. The molecule has 0 radical (unpaired) electrons. The summed E-state index contributed by atoms with van der Waals surface area (Å²) in [6.45, 7) is 0.934. The number of thioether (sulfide) groups is 1. The summed E-state index contributed by atoms with van der Waals surface area (Å²) in [6, 6.07) is 3.19. The summed E-state index contributed by atoms with van der Waals surface area (Å²) < 4.78 is 0. The minimum atomic E-state index is -0.161. The quantitative estimate of drug-likeness (QED) is 0.785. The van der Waals surface area contributed by atoms with Crippen LogP contribution in [0.15, 0.2) is 16.9 Å². The molecule has 4 nitrogen and oxygen atoms in total. The molecule has 0 spiro atoms. The average Bonchev–Trinajstić information content (AvgIpc) is 2.70. The molecule has 5 heteroatoms. The fraction of sp³-hybridized carbons (Fsp3) is 0.556. The molecule has 0 aromatic carbocycles. The number of hydrogen-bond donors (Lipinski definition) is 2. The van der Waals surface area contributed by atoms with E-state index < -0.39 is 0 Å². The van der Waals surface area contributed by atoms with E-state index in [1.165, 1.54) is 24.7 Å². The molecule has 0 saturated carbocycles. The fourth-order valence-electron chi connectivity index (χ4n) is 1.47. The summed E-state index contributed by atoms with van der Waals surface area (Å²) in [6.07, 6.45) is 2.59. The molecule has 1 saturated heterocycles. The van der Waals surface area contributed by atoms with Crippen LogP contribution in [0.4, 0.5) is 5.82 Å². The van der Waals surface area contributed by atoms with Crippen LogP contribution in [0.1, 0.15) is 12.8 Å².